The van der Waals surface area contributed by atoms with Crippen molar-refractivity contribution in [1.29, 1.82) is 0 Å². The molecule has 0 aliphatic carbocycles. The van der Waals surface area contributed by atoms with E-state index in [4.69, 9.17) is 0 Å². The number of hydrogen-bond acceptors (Lipinski definition) is 4. The Morgan fingerprint density at radius 1 is 1.47 bits per heavy atom. The maximum atomic E-state index is 12.2. The summed E-state index contributed by atoms with van der Waals surface area (Å²) in [5.74, 6) is 0. The van der Waals surface area contributed by atoms with E-state index >= 15 is 0 Å². The molecule has 0 unspecified atom stereocenters. The second-order valence-electron chi connectivity index (χ2n) is 4.16. The average molecular weight is 282 g/mol. The SMILES string of the molecule is CN(Cc1cnn(C)c1)S(=O)(=O)c1c[nH]ccc1=O. The normalized spacial score (nSPS) is 11.9. The molecule has 0 saturated carbocycles. The molecule has 0 atom stereocenters. The first kappa shape index (κ1) is 13.5. The van der Waals surface area contributed by atoms with E-state index in [1.807, 2.05) is 0 Å². The van der Waals surface area contributed by atoms with Gasteiger partial charge in [0.25, 0.3) is 0 Å². The maximum Gasteiger partial charge on any atom is 0.248 e. The molecule has 0 bridgehead atoms. The number of sulfonamides is 1. The van der Waals surface area contributed by atoms with Crippen LogP contribution in [0.4, 0.5) is 0 Å². The number of aryl methyl sites for hydroxylation is 1. The lowest BCUT2D eigenvalue weighted by Crippen LogP contribution is -2.30. The second-order valence-corrected chi connectivity index (χ2v) is 6.17. The van der Waals surface area contributed by atoms with Gasteiger partial charge in [0.15, 0.2) is 0 Å². The van der Waals surface area contributed by atoms with Gasteiger partial charge in [-0.3, -0.25) is 9.48 Å². The van der Waals surface area contributed by atoms with Crippen molar-refractivity contribution in [1.82, 2.24) is 19.1 Å². The Bertz CT molecular complexity index is 732. The molecule has 19 heavy (non-hydrogen) atoms. The van der Waals surface area contributed by atoms with Crippen LogP contribution in [0.3, 0.4) is 0 Å². The van der Waals surface area contributed by atoms with Gasteiger partial charge in [0.05, 0.1) is 6.20 Å². The molecule has 102 valence electrons. The summed E-state index contributed by atoms with van der Waals surface area (Å²) in [4.78, 5) is 13.9. The second kappa shape index (κ2) is 4.98. The Balaban J connectivity index is 2.30. The number of hydrogen-bond donors (Lipinski definition) is 1. The largest absolute Gasteiger partial charge is 0.366 e. The minimum Gasteiger partial charge on any atom is -0.366 e. The highest BCUT2D eigenvalue weighted by molar-refractivity contribution is 7.89. The fourth-order valence-corrected chi connectivity index (χ4v) is 2.86. The quantitative estimate of drug-likeness (QED) is 0.850. The molecular weight excluding hydrogens is 268 g/mol. The van der Waals surface area contributed by atoms with E-state index in [1.165, 1.54) is 25.5 Å². The third-order valence-electron chi connectivity index (χ3n) is 2.64. The van der Waals surface area contributed by atoms with Gasteiger partial charge in [0.1, 0.15) is 4.90 Å². The molecule has 2 aromatic heterocycles. The molecule has 0 amide bonds. The summed E-state index contributed by atoms with van der Waals surface area (Å²) in [7, 11) is -0.631. The number of aromatic amines is 1. The molecular formula is C11H14N4O3S. The Labute approximate surface area is 110 Å². The van der Waals surface area contributed by atoms with Gasteiger partial charge >= 0.3 is 0 Å². The standard InChI is InChI=1S/C11H14N4O3S/c1-14-7-9(5-13-14)8-15(2)19(17,18)11-6-12-4-3-10(11)16/h3-7H,8H2,1-2H3,(H,12,16). The Morgan fingerprint density at radius 2 is 2.21 bits per heavy atom. The van der Waals surface area contributed by atoms with Crippen LogP contribution in [0.5, 0.6) is 0 Å². The topological polar surface area (TPSA) is 88.1 Å². The molecule has 0 spiro atoms. The van der Waals surface area contributed by atoms with E-state index in [-0.39, 0.29) is 11.4 Å². The summed E-state index contributed by atoms with van der Waals surface area (Å²) in [6.45, 7) is 0.157. The van der Waals surface area contributed by atoms with Crippen LogP contribution in [0.25, 0.3) is 0 Å². The van der Waals surface area contributed by atoms with Gasteiger partial charge in [0.2, 0.25) is 15.5 Å². The molecule has 8 heteroatoms. The molecule has 1 N–H and O–H groups in total. The molecule has 2 rings (SSSR count). The third kappa shape index (κ3) is 2.74. The van der Waals surface area contributed by atoms with Gasteiger partial charge in [-0.15, -0.1) is 0 Å². The summed E-state index contributed by atoms with van der Waals surface area (Å²) in [5, 5.41) is 3.97. The van der Waals surface area contributed by atoms with Crippen molar-refractivity contribution in [3.8, 4) is 0 Å². The van der Waals surface area contributed by atoms with Crippen molar-refractivity contribution in [2.24, 2.45) is 7.05 Å². The van der Waals surface area contributed by atoms with Gasteiger partial charge in [-0.05, 0) is 0 Å². The third-order valence-corrected chi connectivity index (χ3v) is 4.46. The van der Waals surface area contributed by atoms with Gasteiger partial charge in [-0.2, -0.15) is 9.40 Å². The summed E-state index contributed by atoms with van der Waals surface area (Å²) in [6.07, 6.45) is 5.89. The summed E-state index contributed by atoms with van der Waals surface area (Å²) < 4.78 is 27.2. The fourth-order valence-electron chi connectivity index (χ4n) is 1.67. The van der Waals surface area contributed by atoms with E-state index < -0.39 is 15.5 Å². The van der Waals surface area contributed by atoms with Gasteiger partial charge in [-0.1, -0.05) is 0 Å². The van der Waals surface area contributed by atoms with Gasteiger partial charge < -0.3 is 4.98 Å². The van der Waals surface area contributed by atoms with Crippen LogP contribution >= 0.6 is 0 Å². The molecule has 0 aliphatic heterocycles. The first-order valence-corrected chi connectivity index (χ1v) is 6.96. The maximum absolute atomic E-state index is 12.2. The van der Waals surface area contributed by atoms with Crippen LogP contribution in [0.2, 0.25) is 0 Å². The molecule has 0 fully saturated rings. The molecule has 2 aromatic rings. The van der Waals surface area contributed by atoms with Gasteiger partial charge in [0, 0.05) is 50.9 Å². The zero-order valence-corrected chi connectivity index (χ0v) is 11.4. The van der Waals surface area contributed by atoms with Crippen molar-refractivity contribution < 1.29 is 8.42 Å². The predicted octanol–water partition coefficient (Wildman–Crippen LogP) is -0.0709. The summed E-state index contributed by atoms with van der Waals surface area (Å²) >= 11 is 0. The van der Waals surface area contributed by atoms with Crippen LogP contribution in [0, 0.1) is 0 Å². The lowest BCUT2D eigenvalue weighted by molar-refractivity contribution is 0.465. The van der Waals surface area contributed by atoms with E-state index in [9.17, 15) is 13.2 Å². The van der Waals surface area contributed by atoms with Crippen molar-refractivity contribution in [3.05, 3.63) is 46.6 Å². The lowest BCUT2D eigenvalue weighted by atomic mass is 10.4. The Hall–Kier alpha value is -1.93. The van der Waals surface area contributed by atoms with E-state index in [0.29, 0.717) is 0 Å². The molecule has 0 saturated heterocycles. The number of aromatic nitrogens is 3. The van der Waals surface area contributed by atoms with E-state index in [2.05, 4.69) is 10.1 Å². The Kier molecular flexibility index (Phi) is 3.54. The van der Waals surface area contributed by atoms with Crippen LogP contribution < -0.4 is 5.43 Å². The van der Waals surface area contributed by atoms with Crippen LogP contribution in [0.1, 0.15) is 5.56 Å². The highest BCUT2D eigenvalue weighted by atomic mass is 32.2. The first-order chi connectivity index (χ1) is 8.91. The number of nitrogens with zero attached hydrogens (tertiary/aromatic N) is 3. The zero-order chi connectivity index (χ0) is 14.0. The lowest BCUT2D eigenvalue weighted by Gasteiger charge is -2.15. The van der Waals surface area contributed by atoms with E-state index in [1.54, 1.807) is 24.1 Å². The van der Waals surface area contributed by atoms with Crippen molar-refractivity contribution in [2.75, 3.05) is 7.05 Å². The predicted molar refractivity (Wildman–Crippen MR) is 68.9 cm³/mol. The van der Waals surface area contributed by atoms with Crippen LogP contribution in [-0.2, 0) is 23.6 Å². The molecule has 0 aliphatic rings. The minimum atomic E-state index is -3.81. The van der Waals surface area contributed by atoms with Crippen molar-refractivity contribution in [3.63, 3.8) is 0 Å². The first-order valence-electron chi connectivity index (χ1n) is 5.52. The number of H-pyrrole nitrogens is 1. The zero-order valence-electron chi connectivity index (χ0n) is 10.6. The van der Waals surface area contributed by atoms with Crippen molar-refractivity contribution >= 4 is 10.0 Å². The van der Waals surface area contributed by atoms with Crippen LogP contribution in [0.15, 0.2) is 40.5 Å². The Morgan fingerprint density at radius 3 is 2.79 bits per heavy atom. The summed E-state index contributed by atoms with van der Waals surface area (Å²) in [5.41, 5.74) is 0.220. The van der Waals surface area contributed by atoms with Crippen LogP contribution in [-0.4, -0.2) is 34.5 Å². The summed E-state index contributed by atoms with van der Waals surface area (Å²) in [6, 6.07) is 1.19. The molecule has 7 nitrogen and oxygen atoms in total. The fraction of sp³-hybridized carbons (Fsp3) is 0.273. The minimum absolute atomic E-state index is 0.157. The molecule has 0 radical (unpaired) electrons. The smallest absolute Gasteiger partial charge is 0.248 e. The number of pyridine rings is 1. The van der Waals surface area contributed by atoms with Gasteiger partial charge in [-0.25, -0.2) is 8.42 Å². The average Bonchev–Trinajstić information content (AvgIpc) is 2.75. The molecule has 0 aromatic carbocycles. The highest BCUT2D eigenvalue weighted by Crippen LogP contribution is 2.12. The highest BCUT2D eigenvalue weighted by Gasteiger charge is 2.23. The monoisotopic (exact) mass is 282 g/mol. The van der Waals surface area contributed by atoms with E-state index in [0.717, 1.165) is 9.87 Å². The molecule has 2 heterocycles. The number of nitrogens with one attached hydrogen (secondary N) is 1. The number of rotatable bonds is 4. The van der Waals surface area contributed by atoms with Crippen molar-refractivity contribution in [2.45, 2.75) is 11.4 Å².